The molecule has 7 rings (SSSR count). The highest BCUT2D eigenvalue weighted by molar-refractivity contribution is 6.10. The number of fused-ring (bicyclic) bond motifs is 3. The number of aromatic nitrogens is 1. The van der Waals surface area contributed by atoms with Crippen LogP contribution in [-0.2, 0) is 0 Å². The van der Waals surface area contributed by atoms with Crippen molar-refractivity contribution in [3.63, 3.8) is 0 Å². The summed E-state index contributed by atoms with van der Waals surface area (Å²) in [6, 6.07) is 44.2. The normalized spacial score (nSPS) is 13.5. The lowest BCUT2D eigenvalue weighted by molar-refractivity contribution is 1.07. The predicted octanol–water partition coefficient (Wildman–Crippen LogP) is 10.0. The number of aryl methyl sites for hydroxylation is 1. The van der Waals surface area contributed by atoms with E-state index >= 15 is 0 Å². The van der Waals surface area contributed by atoms with Crippen molar-refractivity contribution in [2.24, 2.45) is 0 Å². The van der Waals surface area contributed by atoms with E-state index in [1.807, 2.05) is 0 Å². The number of rotatable bonds is 4. The lowest BCUT2D eigenvalue weighted by atomic mass is 9.90. The van der Waals surface area contributed by atoms with Gasteiger partial charge in [-0.15, -0.1) is 0 Å². The zero-order valence-corrected chi connectivity index (χ0v) is 21.6. The van der Waals surface area contributed by atoms with Crippen LogP contribution in [0.1, 0.15) is 29.5 Å². The molecular weight excluding hydrogens is 458 g/mol. The largest absolute Gasteiger partial charge is 0.309 e. The molecule has 1 nitrogen and oxygen atoms in total. The van der Waals surface area contributed by atoms with E-state index in [1.54, 1.807) is 0 Å². The molecule has 38 heavy (non-hydrogen) atoms. The monoisotopic (exact) mass is 487 g/mol. The number of hydrogen-bond donors (Lipinski definition) is 0. The van der Waals surface area contributed by atoms with Gasteiger partial charge in [0.2, 0.25) is 0 Å². The zero-order valence-electron chi connectivity index (χ0n) is 21.6. The maximum atomic E-state index is 2.40. The molecule has 0 atom stereocenters. The van der Waals surface area contributed by atoms with E-state index in [9.17, 15) is 0 Å². The number of para-hydroxylation sites is 1. The first kappa shape index (κ1) is 22.6. The van der Waals surface area contributed by atoms with E-state index in [-0.39, 0.29) is 0 Å². The van der Waals surface area contributed by atoms with Crippen LogP contribution in [0.2, 0.25) is 0 Å². The van der Waals surface area contributed by atoms with Crippen LogP contribution in [0.25, 0.3) is 49.8 Å². The molecule has 1 aliphatic rings. The molecule has 0 spiro atoms. The van der Waals surface area contributed by atoms with Crippen LogP contribution in [0.15, 0.2) is 133 Å². The standard InChI is InChI=1S/C37H29N/c1-26-11-13-28(14-12-26)29-15-17-30(18-16-29)31-19-22-33(23-20-31)38-36-10-6-5-9-34(36)35-25-32(21-24-37(35)38)27-7-3-2-4-8-27/h2-15,17,19-25H,16,18H2,1H3. The molecule has 0 fully saturated rings. The van der Waals surface area contributed by atoms with Crippen molar-refractivity contribution in [2.75, 3.05) is 0 Å². The van der Waals surface area contributed by atoms with Crippen LogP contribution in [-0.4, -0.2) is 4.57 Å². The molecule has 5 aromatic carbocycles. The minimum atomic E-state index is 1.07. The first-order valence-electron chi connectivity index (χ1n) is 13.4. The summed E-state index contributed by atoms with van der Waals surface area (Å²) in [5, 5.41) is 2.57. The van der Waals surface area contributed by atoms with Gasteiger partial charge >= 0.3 is 0 Å². The van der Waals surface area contributed by atoms with Crippen LogP contribution >= 0.6 is 0 Å². The fourth-order valence-corrected chi connectivity index (χ4v) is 5.77. The number of benzene rings is 5. The summed E-state index contributed by atoms with van der Waals surface area (Å²) >= 11 is 0. The Morgan fingerprint density at radius 3 is 1.74 bits per heavy atom. The van der Waals surface area contributed by atoms with Gasteiger partial charge in [0, 0.05) is 16.5 Å². The van der Waals surface area contributed by atoms with Gasteiger partial charge in [0.25, 0.3) is 0 Å². The Hall–Kier alpha value is -4.62. The van der Waals surface area contributed by atoms with Gasteiger partial charge in [-0.05, 0) is 83.5 Å². The Morgan fingerprint density at radius 2 is 1.05 bits per heavy atom. The van der Waals surface area contributed by atoms with E-state index in [0.717, 1.165) is 12.8 Å². The number of nitrogens with zero attached hydrogens (tertiary/aromatic N) is 1. The lowest BCUT2D eigenvalue weighted by Crippen LogP contribution is -1.96. The summed E-state index contributed by atoms with van der Waals surface area (Å²) < 4.78 is 2.40. The van der Waals surface area contributed by atoms with Gasteiger partial charge in [-0.1, -0.05) is 109 Å². The van der Waals surface area contributed by atoms with E-state index in [4.69, 9.17) is 0 Å². The molecular formula is C37H29N. The maximum Gasteiger partial charge on any atom is 0.0541 e. The molecule has 0 N–H and O–H groups in total. The first-order valence-corrected chi connectivity index (χ1v) is 13.4. The summed E-state index contributed by atoms with van der Waals surface area (Å²) in [5.41, 5.74) is 12.9. The highest BCUT2D eigenvalue weighted by Crippen LogP contribution is 2.36. The van der Waals surface area contributed by atoms with Gasteiger partial charge in [-0.3, -0.25) is 0 Å². The molecule has 0 radical (unpaired) electrons. The smallest absolute Gasteiger partial charge is 0.0541 e. The average Bonchev–Trinajstić information content (AvgIpc) is 3.32. The second-order valence-electron chi connectivity index (χ2n) is 10.2. The third kappa shape index (κ3) is 3.97. The molecule has 0 aliphatic heterocycles. The maximum absolute atomic E-state index is 2.40. The Balaban J connectivity index is 1.26. The molecule has 0 saturated heterocycles. The van der Waals surface area contributed by atoms with Gasteiger partial charge in [0.1, 0.15) is 0 Å². The van der Waals surface area contributed by atoms with Crippen molar-refractivity contribution in [2.45, 2.75) is 19.8 Å². The first-order chi connectivity index (χ1) is 18.7. The summed E-state index contributed by atoms with van der Waals surface area (Å²) in [4.78, 5) is 0. The minimum Gasteiger partial charge on any atom is -0.309 e. The molecule has 0 saturated carbocycles. The van der Waals surface area contributed by atoms with Crippen LogP contribution in [0, 0.1) is 6.92 Å². The van der Waals surface area contributed by atoms with Crippen LogP contribution in [0.3, 0.4) is 0 Å². The van der Waals surface area contributed by atoms with Gasteiger partial charge in [0.05, 0.1) is 11.0 Å². The van der Waals surface area contributed by atoms with Crippen LogP contribution in [0.4, 0.5) is 0 Å². The van der Waals surface area contributed by atoms with Crippen molar-refractivity contribution in [3.05, 3.63) is 150 Å². The third-order valence-electron chi connectivity index (χ3n) is 7.85. The van der Waals surface area contributed by atoms with Gasteiger partial charge in [-0.25, -0.2) is 0 Å². The van der Waals surface area contributed by atoms with E-state index in [1.165, 1.54) is 66.5 Å². The quantitative estimate of drug-likeness (QED) is 0.233. The second-order valence-corrected chi connectivity index (χ2v) is 10.2. The van der Waals surface area contributed by atoms with Crippen molar-refractivity contribution >= 4 is 33.0 Å². The Kier molecular flexibility index (Phi) is 5.56. The fraction of sp³-hybridized carbons (Fsp3) is 0.0811. The number of hydrogen-bond acceptors (Lipinski definition) is 0. The van der Waals surface area contributed by atoms with Crippen molar-refractivity contribution in [1.82, 2.24) is 4.57 Å². The SMILES string of the molecule is Cc1ccc(C2=CC=C(c3ccc(-n4c5ccccc5c5cc(-c6ccccc6)ccc54)cc3)CC2)cc1. The highest BCUT2D eigenvalue weighted by Gasteiger charge is 2.14. The van der Waals surface area contributed by atoms with Crippen molar-refractivity contribution < 1.29 is 0 Å². The Morgan fingerprint density at radius 1 is 0.474 bits per heavy atom. The van der Waals surface area contributed by atoms with Gasteiger partial charge in [-0.2, -0.15) is 0 Å². The van der Waals surface area contributed by atoms with Crippen LogP contribution < -0.4 is 0 Å². The fourth-order valence-electron chi connectivity index (χ4n) is 5.77. The van der Waals surface area contributed by atoms with Gasteiger partial charge < -0.3 is 4.57 Å². The molecule has 1 aromatic heterocycles. The molecule has 1 aliphatic carbocycles. The highest BCUT2D eigenvalue weighted by atomic mass is 15.0. The third-order valence-corrected chi connectivity index (χ3v) is 7.85. The molecule has 6 aromatic rings. The van der Waals surface area contributed by atoms with Crippen molar-refractivity contribution in [3.8, 4) is 16.8 Å². The number of allylic oxidation sites excluding steroid dienone is 4. The van der Waals surface area contributed by atoms with Crippen LogP contribution in [0.5, 0.6) is 0 Å². The minimum absolute atomic E-state index is 1.07. The molecule has 1 heteroatoms. The topological polar surface area (TPSA) is 4.93 Å². The summed E-state index contributed by atoms with van der Waals surface area (Å²) in [6.07, 6.45) is 6.75. The molecule has 1 heterocycles. The van der Waals surface area contributed by atoms with Crippen molar-refractivity contribution in [1.29, 1.82) is 0 Å². The van der Waals surface area contributed by atoms with E-state index < -0.39 is 0 Å². The molecule has 0 amide bonds. The van der Waals surface area contributed by atoms with E-state index in [2.05, 4.69) is 145 Å². The summed E-state index contributed by atoms with van der Waals surface area (Å²) in [6.45, 7) is 2.14. The summed E-state index contributed by atoms with van der Waals surface area (Å²) in [5.74, 6) is 0. The second kappa shape index (κ2) is 9.36. The Labute approximate surface area is 224 Å². The zero-order chi connectivity index (χ0) is 25.5. The Bertz CT molecular complexity index is 1830. The molecule has 0 bridgehead atoms. The molecule has 182 valence electrons. The summed E-state index contributed by atoms with van der Waals surface area (Å²) in [7, 11) is 0. The van der Waals surface area contributed by atoms with E-state index in [0.29, 0.717) is 0 Å². The van der Waals surface area contributed by atoms with Gasteiger partial charge in [0.15, 0.2) is 0 Å². The average molecular weight is 488 g/mol. The predicted molar refractivity (Wildman–Crippen MR) is 163 cm³/mol. The lowest BCUT2D eigenvalue weighted by Gasteiger charge is -2.16. The molecule has 0 unspecified atom stereocenters.